The molecule has 1 heterocycles. The molecule has 0 amide bonds. The van der Waals surface area contributed by atoms with Gasteiger partial charge in [-0.2, -0.15) is 5.10 Å². The number of aryl methyl sites for hydroxylation is 2. The lowest BCUT2D eigenvalue weighted by Crippen LogP contribution is -2.32. The highest BCUT2D eigenvalue weighted by molar-refractivity contribution is 5.06. The molecule has 4 nitrogen and oxygen atoms in total. The highest BCUT2D eigenvalue weighted by Crippen LogP contribution is 2.20. The zero-order chi connectivity index (χ0) is 14.4. The molecule has 0 saturated heterocycles. The monoisotopic (exact) mass is 279 g/mol. The first kappa shape index (κ1) is 15.5. The highest BCUT2D eigenvalue weighted by Gasteiger charge is 2.14. The van der Waals surface area contributed by atoms with E-state index in [0.29, 0.717) is 12.1 Å². The summed E-state index contributed by atoms with van der Waals surface area (Å²) in [7, 11) is 0. The number of hydrogen-bond donors (Lipinski definition) is 1. The van der Waals surface area contributed by atoms with Crippen LogP contribution in [-0.2, 0) is 11.3 Å². The number of nitrogens with one attached hydrogen (secondary N) is 1. The van der Waals surface area contributed by atoms with Gasteiger partial charge in [-0.3, -0.25) is 4.68 Å². The molecule has 0 aliphatic heterocycles. The predicted molar refractivity (Wildman–Crippen MR) is 82.0 cm³/mol. The number of ether oxygens (including phenoxy) is 1. The highest BCUT2D eigenvalue weighted by atomic mass is 16.5. The molecule has 1 atom stereocenters. The van der Waals surface area contributed by atoms with Crippen LogP contribution in [0.15, 0.2) is 6.07 Å². The first-order valence-electron chi connectivity index (χ1n) is 8.01. The van der Waals surface area contributed by atoms with Gasteiger partial charge in [0.15, 0.2) is 0 Å². The Hall–Kier alpha value is -0.870. The average molecular weight is 279 g/mol. The van der Waals surface area contributed by atoms with E-state index in [1.807, 2.05) is 6.92 Å². The van der Waals surface area contributed by atoms with Crippen LogP contribution in [0, 0.1) is 13.8 Å². The lowest BCUT2D eigenvalue weighted by Gasteiger charge is -2.16. The Morgan fingerprint density at radius 3 is 2.80 bits per heavy atom. The predicted octanol–water partition coefficient (Wildman–Crippen LogP) is 2.83. The Bertz CT molecular complexity index is 396. The molecule has 2 rings (SSSR count). The second kappa shape index (κ2) is 7.79. The van der Waals surface area contributed by atoms with Gasteiger partial charge in [0.25, 0.3) is 0 Å². The van der Waals surface area contributed by atoms with E-state index in [-0.39, 0.29) is 0 Å². The van der Waals surface area contributed by atoms with Gasteiger partial charge in [-0.05, 0) is 52.6 Å². The maximum atomic E-state index is 5.87. The molecule has 0 bridgehead atoms. The summed E-state index contributed by atoms with van der Waals surface area (Å²) in [5.74, 6) is 0. The van der Waals surface area contributed by atoms with E-state index in [2.05, 4.69) is 35.0 Å². The molecule has 4 heteroatoms. The average Bonchev–Trinajstić information content (AvgIpc) is 3.00. The van der Waals surface area contributed by atoms with E-state index in [1.54, 1.807) is 0 Å². The number of aromatic nitrogens is 2. The van der Waals surface area contributed by atoms with Crippen LogP contribution in [0.4, 0.5) is 0 Å². The molecule has 0 aromatic carbocycles. The smallest absolute Gasteiger partial charge is 0.0596 e. The van der Waals surface area contributed by atoms with Crippen molar-refractivity contribution in [1.29, 1.82) is 0 Å². The van der Waals surface area contributed by atoms with Gasteiger partial charge in [0.05, 0.1) is 18.3 Å². The van der Waals surface area contributed by atoms with Gasteiger partial charge in [-0.25, -0.2) is 0 Å². The van der Waals surface area contributed by atoms with Crippen LogP contribution in [0.2, 0.25) is 0 Å². The van der Waals surface area contributed by atoms with Crippen molar-refractivity contribution >= 4 is 0 Å². The standard InChI is InChI=1S/C16H29N3O/c1-13-11-15(3)19(18-13)12-14(2)17-9-6-10-20-16-7-4-5-8-16/h11,14,16-17H,4-10,12H2,1-3H3/t14-/m1/s1. The van der Waals surface area contributed by atoms with Gasteiger partial charge < -0.3 is 10.1 Å². The quantitative estimate of drug-likeness (QED) is 0.744. The molecule has 1 aromatic rings. The van der Waals surface area contributed by atoms with E-state index < -0.39 is 0 Å². The lowest BCUT2D eigenvalue weighted by molar-refractivity contribution is 0.0566. The molecule has 1 N–H and O–H groups in total. The van der Waals surface area contributed by atoms with E-state index in [1.165, 1.54) is 31.4 Å². The van der Waals surface area contributed by atoms with Gasteiger partial charge in [0, 0.05) is 18.3 Å². The van der Waals surface area contributed by atoms with Crippen LogP contribution in [0.1, 0.15) is 50.4 Å². The van der Waals surface area contributed by atoms with Crippen molar-refractivity contribution in [3.05, 3.63) is 17.5 Å². The summed E-state index contributed by atoms with van der Waals surface area (Å²) in [5.41, 5.74) is 2.33. The Kier molecular flexibility index (Phi) is 6.05. The summed E-state index contributed by atoms with van der Waals surface area (Å²) in [6.45, 7) is 9.22. The second-order valence-corrected chi connectivity index (χ2v) is 6.10. The van der Waals surface area contributed by atoms with Gasteiger partial charge >= 0.3 is 0 Å². The number of hydrogen-bond acceptors (Lipinski definition) is 3. The van der Waals surface area contributed by atoms with E-state index in [9.17, 15) is 0 Å². The Balaban J connectivity index is 1.55. The summed E-state index contributed by atoms with van der Waals surface area (Å²) >= 11 is 0. The van der Waals surface area contributed by atoms with Crippen molar-refractivity contribution in [3.8, 4) is 0 Å². The third kappa shape index (κ3) is 4.91. The number of nitrogens with zero attached hydrogens (tertiary/aromatic N) is 2. The fraction of sp³-hybridized carbons (Fsp3) is 0.812. The summed E-state index contributed by atoms with van der Waals surface area (Å²) < 4.78 is 7.95. The van der Waals surface area contributed by atoms with Crippen molar-refractivity contribution in [1.82, 2.24) is 15.1 Å². The van der Waals surface area contributed by atoms with Crippen LogP contribution in [0.25, 0.3) is 0 Å². The van der Waals surface area contributed by atoms with Gasteiger partial charge in [0.1, 0.15) is 0 Å². The minimum absolute atomic E-state index is 0.444. The van der Waals surface area contributed by atoms with Crippen molar-refractivity contribution in [2.75, 3.05) is 13.2 Å². The SMILES string of the molecule is Cc1cc(C)n(C[C@@H](C)NCCCOC2CCCC2)n1. The molecule has 114 valence electrons. The summed E-state index contributed by atoms with van der Waals surface area (Å²) in [6.07, 6.45) is 6.87. The molecule has 1 fully saturated rings. The van der Waals surface area contributed by atoms with Crippen molar-refractivity contribution < 1.29 is 4.74 Å². The lowest BCUT2D eigenvalue weighted by atomic mass is 10.3. The molecule has 1 aromatic heterocycles. The van der Waals surface area contributed by atoms with Gasteiger partial charge in [0.2, 0.25) is 0 Å². The first-order chi connectivity index (χ1) is 9.65. The summed E-state index contributed by atoms with van der Waals surface area (Å²) in [5, 5.41) is 8.05. The second-order valence-electron chi connectivity index (χ2n) is 6.10. The molecular weight excluding hydrogens is 250 g/mol. The maximum absolute atomic E-state index is 5.87. The third-order valence-corrected chi connectivity index (χ3v) is 4.02. The van der Waals surface area contributed by atoms with Crippen LogP contribution >= 0.6 is 0 Å². The molecule has 20 heavy (non-hydrogen) atoms. The molecule has 0 unspecified atom stereocenters. The molecular formula is C16H29N3O. The third-order valence-electron chi connectivity index (χ3n) is 4.02. The molecule has 1 aliphatic rings. The minimum Gasteiger partial charge on any atom is -0.378 e. The first-order valence-corrected chi connectivity index (χ1v) is 8.01. The molecule has 1 saturated carbocycles. The van der Waals surface area contributed by atoms with Crippen molar-refractivity contribution in [2.45, 2.75) is 71.6 Å². The maximum Gasteiger partial charge on any atom is 0.0596 e. The normalized spacial score (nSPS) is 17.8. The van der Waals surface area contributed by atoms with Gasteiger partial charge in [-0.1, -0.05) is 12.8 Å². The molecule has 0 spiro atoms. The van der Waals surface area contributed by atoms with Crippen molar-refractivity contribution in [3.63, 3.8) is 0 Å². The van der Waals surface area contributed by atoms with E-state index >= 15 is 0 Å². The topological polar surface area (TPSA) is 39.1 Å². The fourth-order valence-electron chi connectivity index (χ4n) is 2.91. The van der Waals surface area contributed by atoms with E-state index in [0.717, 1.165) is 31.8 Å². The van der Waals surface area contributed by atoms with E-state index in [4.69, 9.17) is 4.74 Å². The minimum atomic E-state index is 0.444. The number of rotatable bonds is 8. The van der Waals surface area contributed by atoms with Crippen LogP contribution in [-0.4, -0.2) is 35.1 Å². The van der Waals surface area contributed by atoms with Gasteiger partial charge in [-0.15, -0.1) is 0 Å². The van der Waals surface area contributed by atoms with Crippen LogP contribution < -0.4 is 5.32 Å². The fourth-order valence-corrected chi connectivity index (χ4v) is 2.91. The summed E-state index contributed by atoms with van der Waals surface area (Å²) in [6, 6.07) is 2.57. The Morgan fingerprint density at radius 1 is 1.40 bits per heavy atom. The zero-order valence-electron chi connectivity index (χ0n) is 13.2. The zero-order valence-corrected chi connectivity index (χ0v) is 13.2. The molecule has 1 aliphatic carbocycles. The van der Waals surface area contributed by atoms with Crippen molar-refractivity contribution in [2.24, 2.45) is 0 Å². The Labute approximate surface area is 122 Å². The summed E-state index contributed by atoms with van der Waals surface area (Å²) in [4.78, 5) is 0. The largest absolute Gasteiger partial charge is 0.378 e. The Morgan fingerprint density at radius 2 is 2.15 bits per heavy atom. The van der Waals surface area contributed by atoms with Crippen LogP contribution in [0.5, 0.6) is 0 Å². The van der Waals surface area contributed by atoms with Crippen LogP contribution in [0.3, 0.4) is 0 Å². The molecule has 0 radical (unpaired) electrons.